The van der Waals surface area contributed by atoms with E-state index in [2.05, 4.69) is 72.8 Å². The maximum absolute atomic E-state index is 5.41. The molecule has 0 atom stereocenters. The fraction of sp³-hybridized carbons (Fsp3) is 0.0769. The highest BCUT2D eigenvalue weighted by Gasteiger charge is 2.11. The molecule has 0 N–H and O–H groups in total. The topological polar surface area (TPSA) is 18.5 Å². The Morgan fingerprint density at radius 2 is 0.966 bits per heavy atom. The van der Waals surface area contributed by atoms with Gasteiger partial charge in [0.05, 0.1) is 14.2 Å². The molecule has 0 heterocycles. The number of rotatable bonds is 6. The van der Waals surface area contributed by atoms with E-state index in [1.54, 1.807) is 26.0 Å². The summed E-state index contributed by atoms with van der Waals surface area (Å²) in [4.78, 5) is 2.41. The summed E-state index contributed by atoms with van der Waals surface area (Å²) in [6.45, 7) is 0. The third-order valence-corrected chi connectivity index (χ3v) is 5.91. The van der Waals surface area contributed by atoms with Crippen molar-refractivity contribution < 1.29 is 9.47 Å². The number of ether oxygens (including phenoxy) is 2. The standard InChI is InChI=1S/C26H22O2S/c1-27-21-11-7-9-19(17-21)23-13-3-5-15-25(23)29-26-16-6-4-14-24(26)20-10-8-12-22(18-20)28-2/h3-18H,1-2H3. The minimum atomic E-state index is 0.860. The van der Waals surface area contributed by atoms with Crippen molar-refractivity contribution in [2.75, 3.05) is 14.2 Å². The van der Waals surface area contributed by atoms with Crippen LogP contribution >= 0.6 is 11.8 Å². The van der Waals surface area contributed by atoms with E-state index in [1.807, 2.05) is 24.3 Å². The van der Waals surface area contributed by atoms with Crippen LogP contribution in [-0.2, 0) is 0 Å². The molecular formula is C26H22O2S. The van der Waals surface area contributed by atoms with Crippen LogP contribution in [0.1, 0.15) is 0 Å². The molecule has 0 saturated carbocycles. The Morgan fingerprint density at radius 3 is 1.41 bits per heavy atom. The molecule has 0 radical (unpaired) electrons. The highest BCUT2D eigenvalue weighted by molar-refractivity contribution is 7.99. The molecule has 0 aliphatic heterocycles. The second kappa shape index (κ2) is 8.89. The van der Waals surface area contributed by atoms with Gasteiger partial charge in [-0.15, -0.1) is 0 Å². The second-order valence-corrected chi connectivity index (χ2v) is 7.64. The summed E-state index contributed by atoms with van der Waals surface area (Å²) in [5.41, 5.74) is 4.67. The lowest BCUT2D eigenvalue weighted by atomic mass is 10.1. The van der Waals surface area contributed by atoms with Gasteiger partial charge in [0.15, 0.2) is 0 Å². The van der Waals surface area contributed by atoms with Crippen LogP contribution in [0.4, 0.5) is 0 Å². The molecule has 2 nitrogen and oxygen atoms in total. The summed E-state index contributed by atoms with van der Waals surface area (Å²) in [5.74, 6) is 1.72. The van der Waals surface area contributed by atoms with Gasteiger partial charge >= 0.3 is 0 Å². The van der Waals surface area contributed by atoms with E-state index in [4.69, 9.17) is 9.47 Å². The fourth-order valence-electron chi connectivity index (χ4n) is 3.29. The molecule has 0 amide bonds. The molecule has 3 heteroatoms. The normalized spacial score (nSPS) is 10.6. The molecule has 0 aliphatic rings. The van der Waals surface area contributed by atoms with Crippen molar-refractivity contribution >= 4 is 11.8 Å². The van der Waals surface area contributed by atoms with Crippen molar-refractivity contribution in [3.05, 3.63) is 97.1 Å². The van der Waals surface area contributed by atoms with E-state index >= 15 is 0 Å². The third kappa shape index (κ3) is 4.30. The zero-order valence-electron chi connectivity index (χ0n) is 16.5. The summed E-state index contributed by atoms with van der Waals surface area (Å²) in [6.07, 6.45) is 0. The van der Waals surface area contributed by atoms with Gasteiger partial charge in [0.2, 0.25) is 0 Å². The van der Waals surface area contributed by atoms with Gasteiger partial charge in [-0.3, -0.25) is 0 Å². The van der Waals surface area contributed by atoms with Crippen molar-refractivity contribution in [2.45, 2.75) is 9.79 Å². The monoisotopic (exact) mass is 398 g/mol. The van der Waals surface area contributed by atoms with Crippen molar-refractivity contribution in [2.24, 2.45) is 0 Å². The predicted molar refractivity (Wildman–Crippen MR) is 121 cm³/mol. The molecular weight excluding hydrogens is 376 g/mol. The van der Waals surface area contributed by atoms with Crippen LogP contribution in [0.3, 0.4) is 0 Å². The van der Waals surface area contributed by atoms with Crippen LogP contribution in [0, 0.1) is 0 Å². The maximum Gasteiger partial charge on any atom is 0.119 e. The first-order chi connectivity index (χ1) is 14.3. The van der Waals surface area contributed by atoms with Gasteiger partial charge in [0, 0.05) is 9.79 Å². The summed E-state index contributed by atoms with van der Waals surface area (Å²) in [5, 5.41) is 0. The Morgan fingerprint density at radius 1 is 0.517 bits per heavy atom. The Bertz CT molecular complexity index is 1030. The summed E-state index contributed by atoms with van der Waals surface area (Å²) >= 11 is 1.78. The molecule has 0 spiro atoms. The SMILES string of the molecule is COc1cccc(-c2ccccc2Sc2ccccc2-c2cccc(OC)c2)c1. The van der Waals surface area contributed by atoms with Crippen molar-refractivity contribution in [1.29, 1.82) is 0 Å². The van der Waals surface area contributed by atoms with E-state index < -0.39 is 0 Å². The van der Waals surface area contributed by atoms with E-state index in [1.165, 1.54) is 20.9 Å². The molecule has 0 saturated heterocycles. The molecule has 29 heavy (non-hydrogen) atoms. The average molecular weight is 399 g/mol. The van der Waals surface area contributed by atoms with Gasteiger partial charge in [-0.05, 0) is 58.7 Å². The lowest BCUT2D eigenvalue weighted by molar-refractivity contribution is 0.415. The Labute approximate surface area is 176 Å². The number of hydrogen-bond acceptors (Lipinski definition) is 3. The van der Waals surface area contributed by atoms with Crippen LogP contribution in [0.15, 0.2) is 107 Å². The van der Waals surface area contributed by atoms with E-state index in [0.717, 1.165) is 22.6 Å². The predicted octanol–water partition coefficient (Wildman–Crippen LogP) is 7.19. The van der Waals surface area contributed by atoms with Crippen LogP contribution in [-0.4, -0.2) is 14.2 Å². The quantitative estimate of drug-likeness (QED) is 0.342. The van der Waals surface area contributed by atoms with Crippen LogP contribution in [0.25, 0.3) is 22.3 Å². The van der Waals surface area contributed by atoms with E-state index in [9.17, 15) is 0 Å². The summed E-state index contributed by atoms with van der Waals surface area (Å²) in [7, 11) is 3.40. The van der Waals surface area contributed by atoms with E-state index in [-0.39, 0.29) is 0 Å². The largest absolute Gasteiger partial charge is 0.497 e. The molecule has 0 unspecified atom stereocenters. The van der Waals surface area contributed by atoms with Gasteiger partial charge in [-0.25, -0.2) is 0 Å². The van der Waals surface area contributed by atoms with Gasteiger partial charge in [0.25, 0.3) is 0 Å². The molecule has 0 bridgehead atoms. The first-order valence-corrected chi connectivity index (χ1v) is 10.2. The Hall–Kier alpha value is -3.17. The van der Waals surface area contributed by atoms with Gasteiger partial charge in [-0.2, -0.15) is 0 Å². The zero-order valence-corrected chi connectivity index (χ0v) is 17.3. The Kier molecular flexibility index (Phi) is 5.87. The summed E-state index contributed by atoms with van der Waals surface area (Å²) < 4.78 is 10.8. The molecule has 0 fully saturated rings. The van der Waals surface area contributed by atoms with Crippen LogP contribution in [0.2, 0.25) is 0 Å². The Balaban J connectivity index is 1.75. The molecule has 0 aromatic heterocycles. The maximum atomic E-state index is 5.41. The van der Waals surface area contributed by atoms with Gasteiger partial charge in [0.1, 0.15) is 11.5 Å². The second-order valence-electron chi connectivity index (χ2n) is 6.56. The third-order valence-electron chi connectivity index (χ3n) is 4.76. The first kappa shape index (κ1) is 19.2. The molecule has 4 rings (SSSR count). The van der Waals surface area contributed by atoms with Crippen molar-refractivity contribution in [1.82, 2.24) is 0 Å². The minimum absolute atomic E-state index is 0.860. The first-order valence-electron chi connectivity index (χ1n) is 9.43. The molecule has 4 aromatic carbocycles. The minimum Gasteiger partial charge on any atom is -0.497 e. The van der Waals surface area contributed by atoms with Crippen LogP contribution < -0.4 is 9.47 Å². The van der Waals surface area contributed by atoms with Crippen molar-refractivity contribution in [3.63, 3.8) is 0 Å². The number of methoxy groups -OCH3 is 2. The smallest absolute Gasteiger partial charge is 0.119 e. The highest BCUT2D eigenvalue weighted by Crippen LogP contribution is 2.41. The lowest BCUT2D eigenvalue weighted by Gasteiger charge is -2.14. The molecule has 144 valence electrons. The lowest BCUT2D eigenvalue weighted by Crippen LogP contribution is -1.88. The van der Waals surface area contributed by atoms with Crippen molar-refractivity contribution in [3.8, 4) is 33.8 Å². The zero-order chi connectivity index (χ0) is 20.1. The number of hydrogen-bond donors (Lipinski definition) is 0. The molecule has 4 aromatic rings. The van der Waals surface area contributed by atoms with E-state index in [0.29, 0.717) is 0 Å². The fourth-order valence-corrected chi connectivity index (χ4v) is 4.41. The average Bonchev–Trinajstić information content (AvgIpc) is 2.80. The number of benzene rings is 4. The van der Waals surface area contributed by atoms with Gasteiger partial charge < -0.3 is 9.47 Å². The van der Waals surface area contributed by atoms with Crippen LogP contribution in [0.5, 0.6) is 11.5 Å². The summed E-state index contributed by atoms with van der Waals surface area (Å²) in [6, 6.07) is 33.4. The highest BCUT2D eigenvalue weighted by atomic mass is 32.2. The molecule has 0 aliphatic carbocycles. The van der Waals surface area contributed by atoms with Gasteiger partial charge in [-0.1, -0.05) is 72.4 Å².